The van der Waals surface area contributed by atoms with Crippen molar-refractivity contribution in [3.8, 4) is 5.75 Å². The van der Waals surface area contributed by atoms with Crippen LogP contribution in [0.25, 0.3) is 10.8 Å². The predicted octanol–water partition coefficient (Wildman–Crippen LogP) is 5.69. The van der Waals surface area contributed by atoms with Crippen molar-refractivity contribution in [1.82, 2.24) is 15.1 Å². The molecule has 8 nitrogen and oxygen atoms in total. The maximum Gasteiger partial charge on any atom is 0.255 e. The molecule has 2 amide bonds. The van der Waals surface area contributed by atoms with Crippen molar-refractivity contribution in [2.75, 3.05) is 33.3 Å². The van der Waals surface area contributed by atoms with Crippen LogP contribution in [0.4, 0.5) is 0 Å². The molecular weight excluding hydrogens is 528 g/mol. The molecule has 42 heavy (non-hydrogen) atoms. The zero-order valence-electron chi connectivity index (χ0n) is 25.5. The molecule has 0 radical (unpaired) electrons. The molecule has 2 aliphatic heterocycles. The molecule has 1 aliphatic carbocycles. The Morgan fingerprint density at radius 2 is 1.95 bits per heavy atom. The van der Waals surface area contributed by atoms with Crippen LogP contribution in [0.15, 0.2) is 58.9 Å². The Bertz CT molecular complexity index is 1450. The minimum Gasteiger partial charge on any atom is -0.508 e. The average molecular weight is 573 g/mol. The Kier molecular flexibility index (Phi) is 8.62. The van der Waals surface area contributed by atoms with Gasteiger partial charge in [-0.05, 0) is 86.6 Å². The summed E-state index contributed by atoms with van der Waals surface area (Å²) in [5, 5.41) is 15.0. The van der Waals surface area contributed by atoms with Gasteiger partial charge in [-0.15, -0.1) is 0 Å². The molecule has 1 atom stereocenters. The standard InChI is InChI=1S/C34H44N4O4/c1-6-34(14-15-34)21-42-24(4)36-31(38-16-9-7-8-13-29(38)32(40)35-5)28-20-37(19-23(28)3)33(41)27-18-26(39)17-25-12-10-11-22(2)30(25)27/h10-12,17-18,29,39H,4,6-9,13-16,19-21H2,1-3,5H3,(H,35,40)/b36-31+. The van der Waals surface area contributed by atoms with E-state index in [1.807, 2.05) is 32.0 Å². The molecule has 5 rings (SSSR count). The number of phenolic OH excluding ortho intramolecular Hbond substituents is 1. The Morgan fingerprint density at radius 1 is 1.17 bits per heavy atom. The third-order valence-electron chi connectivity index (χ3n) is 9.31. The van der Waals surface area contributed by atoms with E-state index in [1.165, 1.54) is 0 Å². The second-order valence-corrected chi connectivity index (χ2v) is 12.2. The molecule has 0 spiro atoms. The van der Waals surface area contributed by atoms with Gasteiger partial charge >= 0.3 is 0 Å². The van der Waals surface area contributed by atoms with Gasteiger partial charge in [0.1, 0.15) is 17.6 Å². The van der Waals surface area contributed by atoms with Crippen LogP contribution in [0.2, 0.25) is 0 Å². The molecule has 2 N–H and O–H groups in total. The molecule has 2 aromatic carbocycles. The van der Waals surface area contributed by atoms with E-state index in [0.29, 0.717) is 43.5 Å². The first-order valence-corrected chi connectivity index (χ1v) is 15.3. The third-order valence-corrected chi connectivity index (χ3v) is 9.31. The highest BCUT2D eigenvalue weighted by atomic mass is 16.5. The largest absolute Gasteiger partial charge is 0.508 e. The Labute approximate surface area is 249 Å². The smallest absolute Gasteiger partial charge is 0.255 e. The van der Waals surface area contributed by atoms with Crippen molar-refractivity contribution >= 4 is 28.4 Å². The van der Waals surface area contributed by atoms with Crippen LogP contribution in [0.3, 0.4) is 0 Å². The number of nitrogens with zero attached hydrogens (tertiary/aromatic N) is 3. The highest BCUT2D eigenvalue weighted by Gasteiger charge is 2.42. The van der Waals surface area contributed by atoms with Gasteiger partial charge in [0.15, 0.2) is 0 Å². The summed E-state index contributed by atoms with van der Waals surface area (Å²) < 4.78 is 6.11. The molecule has 8 heteroatoms. The van der Waals surface area contributed by atoms with Crippen molar-refractivity contribution in [3.63, 3.8) is 0 Å². The lowest BCUT2D eigenvalue weighted by molar-refractivity contribution is -0.124. The number of likely N-dealkylation sites (tertiary alicyclic amines) is 1. The molecule has 1 unspecified atom stereocenters. The summed E-state index contributed by atoms with van der Waals surface area (Å²) in [4.78, 5) is 36.0. The number of carbonyl (C=O) groups is 2. The van der Waals surface area contributed by atoms with E-state index in [1.54, 1.807) is 24.1 Å². The minimum absolute atomic E-state index is 0.0371. The number of aliphatic imine (C=N–C) groups is 1. The zero-order valence-corrected chi connectivity index (χ0v) is 25.5. The summed E-state index contributed by atoms with van der Waals surface area (Å²) in [5.74, 6) is 0.886. The Hall–Kier alpha value is -3.81. The number of nitrogens with one attached hydrogen (secondary N) is 1. The summed E-state index contributed by atoms with van der Waals surface area (Å²) in [6.45, 7) is 12.4. The zero-order chi connectivity index (χ0) is 30.0. The van der Waals surface area contributed by atoms with Crippen LogP contribution in [-0.4, -0.2) is 71.9 Å². The quantitative estimate of drug-likeness (QED) is 0.241. The second kappa shape index (κ2) is 12.2. The molecule has 3 aliphatic rings. The lowest BCUT2D eigenvalue weighted by atomic mass is 9.98. The van der Waals surface area contributed by atoms with Gasteiger partial charge in [0.2, 0.25) is 11.8 Å². The van der Waals surface area contributed by atoms with Crippen LogP contribution in [-0.2, 0) is 9.53 Å². The number of ether oxygens (including phenoxy) is 1. The number of aromatic hydroxyl groups is 1. The fourth-order valence-electron chi connectivity index (χ4n) is 6.38. The average Bonchev–Trinajstić information content (AvgIpc) is 3.72. The van der Waals surface area contributed by atoms with E-state index in [-0.39, 0.29) is 29.0 Å². The fourth-order valence-corrected chi connectivity index (χ4v) is 6.38. The summed E-state index contributed by atoms with van der Waals surface area (Å²) in [6.07, 6.45) is 7.06. The lowest BCUT2D eigenvalue weighted by Gasteiger charge is -2.33. The molecule has 224 valence electrons. The van der Waals surface area contributed by atoms with Gasteiger partial charge in [-0.1, -0.05) is 38.0 Å². The van der Waals surface area contributed by atoms with Gasteiger partial charge in [0.05, 0.1) is 12.2 Å². The highest BCUT2D eigenvalue weighted by Crippen LogP contribution is 2.49. The molecule has 2 aromatic rings. The number of likely N-dealkylation sites (N-methyl/N-ethyl adjacent to an activating group) is 1. The molecular formula is C34H44N4O4. The number of fused-ring (bicyclic) bond motifs is 1. The van der Waals surface area contributed by atoms with Crippen molar-refractivity contribution in [2.24, 2.45) is 10.4 Å². The lowest BCUT2D eigenvalue weighted by Crippen LogP contribution is -2.49. The van der Waals surface area contributed by atoms with E-state index in [4.69, 9.17) is 9.73 Å². The number of amides is 2. The van der Waals surface area contributed by atoms with Crippen molar-refractivity contribution < 1.29 is 19.4 Å². The van der Waals surface area contributed by atoms with Crippen LogP contribution < -0.4 is 5.32 Å². The fraction of sp³-hybridized carbons (Fsp3) is 0.500. The molecule has 1 saturated heterocycles. The van der Waals surface area contributed by atoms with E-state index < -0.39 is 0 Å². The van der Waals surface area contributed by atoms with Gasteiger partial charge < -0.3 is 25.0 Å². The number of aryl methyl sites for hydroxylation is 1. The Morgan fingerprint density at radius 3 is 2.67 bits per heavy atom. The maximum absolute atomic E-state index is 14.0. The molecule has 0 aromatic heterocycles. The molecule has 2 fully saturated rings. The predicted molar refractivity (Wildman–Crippen MR) is 166 cm³/mol. The van der Waals surface area contributed by atoms with Crippen molar-refractivity contribution in [3.05, 3.63) is 65.1 Å². The summed E-state index contributed by atoms with van der Waals surface area (Å²) in [6, 6.07) is 8.71. The minimum atomic E-state index is -0.364. The first-order chi connectivity index (χ1) is 20.2. The number of phenols is 1. The van der Waals surface area contributed by atoms with E-state index in [0.717, 1.165) is 72.4 Å². The number of amidine groups is 1. The van der Waals surface area contributed by atoms with Crippen LogP contribution >= 0.6 is 0 Å². The van der Waals surface area contributed by atoms with E-state index in [9.17, 15) is 14.7 Å². The number of carbonyl (C=O) groups excluding carboxylic acids is 2. The number of rotatable bonds is 8. The molecule has 1 saturated carbocycles. The molecule has 2 heterocycles. The summed E-state index contributed by atoms with van der Waals surface area (Å²) in [7, 11) is 1.67. The van der Waals surface area contributed by atoms with Crippen molar-refractivity contribution in [1.29, 1.82) is 0 Å². The number of hydrogen-bond acceptors (Lipinski definition) is 5. The van der Waals surface area contributed by atoms with Crippen LogP contribution in [0.5, 0.6) is 5.75 Å². The first kappa shape index (κ1) is 29.7. The summed E-state index contributed by atoms with van der Waals surface area (Å²) >= 11 is 0. The first-order valence-electron chi connectivity index (χ1n) is 15.3. The van der Waals surface area contributed by atoms with Gasteiger partial charge in [-0.25, -0.2) is 0 Å². The summed E-state index contributed by atoms with van der Waals surface area (Å²) in [5.41, 5.74) is 3.62. The van der Waals surface area contributed by atoms with E-state index in [2.05, 4.69) is 23.7 Å². The Balaban J connectivity index is 1.48. The van der Waals surface area contributed by atoms with Gasteiger partial charge in [0.25, 0.3) is 5.91 Å². The van der Waals surface area contributed by atoms with Crippen LogP contribution in [0, 0.1) is 12.3 Å². The second-order valence-electron chi connectivity index (χ2n) is 12.2. The monoisotopic (exact) mass is 572 g/mol. The highest BCUT2D eigenvalue weighted by molar-refractivity contribution is 6.10. The van der Waals surface area contributed by atoms with Gasteiger partial charge in [0, 0.05) is 37.7 Å². The van der Waals surface area contributed by atoms with Gasteiger partial charge in [-0.3, -0.25) is 9.59 Å². The van der Waals surface area contributed by atoms with Gasteiger partial charge in [-0.2, -0.15) is 4.99 Å². The maximum atomic E-state index is 14.0. The topological polar surface area (TPSA) is 94.5 Å². The number of hydrogen-bond donors (Lipinski definition) is 2. The number of benzene rings is 2. The van der Waals surface area contributed by atoms with E-state index >= 15 is 0 Å². The normalized spacial score (nSPS) is 20.5. The third kappa shape index (κ3) is 6.03. The molecule has 0 bridgehead atoms. The van der Waals surface area contributed by atoms with Crippen LogP contribution in [0.1, 0.15) is 74.7 Å². The van der Waals surface area contributed by atoms with Crippen molar-refractivity contribution in [2.45, 2.75) is 71.8 Å². The SMILES string of the molecule is C=C(/N=C(\C1=C(C)CN(C(=O)c2cc(O)cc3cccc(C)c23)C1)N1CCCCCC1C(=O)NC)OCC1(CC)CC1.